The van der Waals surface area contributed by atoms with Gasteiger partial charge in [-0.2, -0.15) is 5.10 Å². The van der Waals surface area contributed by atoms with Crippen molar-refractivity contribution in [3.05, 3.63) is 42.1 Å². The lowest BCUT2D eigenvalue weighted by Gasteiger charge is -2.12. The summed E-state index contributed by atoms with van der Waals surface area (Å²) in [5.74, 6) is 0.620. The van der Waals surface area contributed by atoms with Crippen molar-refractivity contribution in [2.24, 2.45) is 0 Å². The van der Waals surface area contributed by atoms with E-state index in [1.165, 1.54) is 0 Å². The first-order valence-corrected chi connectivity index (χ1v) is 6.18. The number of amides is 1. The number of anilines is 1. The summed E-state index contributed by atoms with van der Waals surface area (Å²) in [6.45, 7) is 3.98. The molecule has 19 heavy (non-hydrogen) atoms. The average molecular weight is 259 g/mol. The van der Waals surface area contributed by atoms with E-state index in [0.717, 1.165) is 0 Å². The number of hydrogen-bond donors (Lipinski definition) is 2. The quantitative estimate of drug-likeness (QED) is 0.885. The molecule has 0 fully saturated rings. The predicted octanol–water partition coefficient (Wildman–Crippen LogP) is 2.35. The maximum Gasteiger partial charge on any atom is 0.230 e. The third-order valence-corrected chi connectivity index (χ3v) is 2.77. The van der Waals surface area contributed by atoms with Gasteiger partial charge in [0.2, 0.25) is 5.91 Å². The number of carbonyl (C=O) groups excluding carboxylic acids is 1. The van der Waals surface area contributed by atoms with Gasteiger partial charge in [-0.25, -0.2) is 4.68 Å². The SMILES string of the molecule is CC(C)n1nccc1NC(=O)Cc1ccccc1O. The van der Waals surface area contributed by atoms with Gasteiger partial charge in [0, 0.05) is 17.7 Å². The zero-order chi connectivity index (χ0) is 13.8. The molecule has 0 bridgehead atoms. The fraction of sp³-hybridized carbons (Fsp3) is 0.286. The summed E-state index contributed by atoms with van der Waals surface area (Å²) < 4.78 is 1.74. The van der Waals surface area contributed by atoms with E-state index in [9.17, 15) is 9.90 Å². The minimum absolute atomic E-state index is 0.134. The van der Waals surface area contributed by atoms with Crippen LogP contribution in [0.4, 0.5) is 5.82 Å². The number of nitrogens with zero attached hydrogens (tertiary/aromatic N) is 2. The molecule has 0 atom stereocenters. The molecule has 0 spiro atoms. The lowest BCUT2D eigenvalue weighted by atomic mass is 10.1. The molecule has 1 aromatic carbocycles. The van der Waals surface area contributed by atoms with E-state index in [-0.39, 0.29) is 24.1 Å². The second-order valence-electron chi connectivity index (χ2n) is 4.61. The molecule has 0 aliphatic carbocycles. The number of para-hydroxylation sites is 1. The molecule has 1 heterocycles. The highest BCUT2D eigenvalue weighted by Crippen LogP contribution is 2.18. The van der Waals surface area contributed by atoms with Crippen molar-refractivity contribution in [1.82, 2.24) is 9.78 Å². The van der Waals surface area contributed by atoms with Crippen molar-refractivity contribution in [3.8, 4) is 5.75 Å². The predicted molar refractivity (Wildman–Crippen MR) is 73.1 cm³/mol. The third kappa shape index (κ3) is 3.13. The van der Waals surface area contributed by atoms with Crippen LogP contribution in [0.15, 0.2) is 36.5 Å². The van der Waals surface area contributed by atoms with E-state index >= 15 is 0 Å². The van der Waals surface area contributed by atoms with E-state index < -0.39 is 0 Å². The summed E-state index contributed by atoms with van der Waals surface area (Å²) >= 11 is 0. The van der Waals surface area contributed by atoms with Gasteiger partial charge in [-0.3, -0.25) is 4.79 Å². The number of aromatic hydroxyl groups is 1. The molecule has 1 amide bonds. The topological polar surface area (TPSA) is 67.2 Å². The van der Waals surface area contributed by atoms with Crippen LogP contribution >= 0.6 is 0 Å². The number of phenolic OH excluding ortho intramolecular Hbond substituents is 1. The minimum atomic E-state index is -0.177. The number of nitrogens with one attached hydrogen (secondary N) is 1. The Hall–Kier alpha value is -2.30. The van der Waals surface area contributed by atoms with E-state index in [0.29, 0.717) is 11.4 Å². The second kappa shape index (κ2) is 5.56. The number of phenols is 1. The van der Waals surface area contributed by atoms with Gasteiger partial charge in [-0.05, 0) is 19.9 Å². The molecule has 5 heteroatoms. The number of hydrogen-bond acceptors (Lipinski definition) is 3. The van der Waals surface area contributed by atoms with Gasteiger partial charge in [0.15, 0.2) is 0 Å². The van der Waals surface area contributed by atoms with E-state index in [2.05, 4.69) is 10.4 Å². The maximum atomic E-state index is 11.9. The number of benzene rings is 1. The van der Waals surface area contributed by atoms with Gasteiger partial charge >= 0.3 is 0 Å². The van der Waals surface area contributed by atoms with Crippen molar-refractivity contribution in [3.63, 3.8) is 0 Å². The smallest absolute Gasteiger partial charge is 0.230 e. The highest BCUT2D eigenvalue weighted by molar-refractivity contribution is 5.91. The van der Waals surface area contributed by atoms with Crippen LogP contribution in [-0.4, -0.2) is 20.8 Å². The lowest BCUT2D eigenvalue weighted by Crippen LogP contribution is -2.18. The Morgan fingerprint density at radius 1 is 1.37 bits per heavy atom. The largest absolute Gasteiger partial charge is 0.508 e. The molecule has 0 unspecified atom stereocenters. The zero-order valence-corrected chi connectivity index (χ0v) is 11.0. The molecular formula is C14H17N3O2. The van der Waals surface area contributed by atoms with Crippen LogP contribution in [0.5, 0.6) is 5.75 Å². The highest BCUT2D eigenvalue weighted by atomic mass is 16.3. The fourth-order valence-electron chi connectivity index (χ4n) is 1.85. The Morgan fingerprint density at radius 3 is 2.79 bits per heavy atom. The highest BCUT2D eigenvalue weighted by Gasteiger charge is 2.11. The van der Waals surface area contributed by atoms with Crippen LogP contribution in [0.2, 0.25) is 0 Å². The van der Waals surface area contributed by atoms with Crippen molar-refractivity contribution >= 4 is 11.7 Å². The van der Waals surface area contributed by atoms with Crippen molar-refractivity contribution in [2.45, 2.75) is 26.3 Å². The van der Waals surface area contributed by atoms with Gasteiger partial charge < -0.3 is 10.4 Å². The first kappa shape index (κ1) is 13.1. The fourth-order valence-corrected chi connectivity index (χ4v) is 1.85. The molecule has 0 saturated heterocycles. The minimum Gasteiger partial charge on any atom is -0.508 e. The van der Waals surface area contributed by atoms with Gasteiger partial charge in [0.05, 0.1) is 12.6 Å². The molecule has 2 rings (SSSR count). The summed E-state index contributed by atoms with van der Waals surface area (Å²) in [5.41, 5.74) is 0.607. The maximum absolute atomic E-state index is 11.9. The van der Waals surface area contributed by atoms with E-state index in [4.69, 9.17) is 0 Å². The molecule has 1 aromatic heterocycles. The van der Waals surface area contributed by atoms with E-state index in [1.54, 1.807) is 41.2 Å². The van der Waals surface area contributed by atoms with Crippen molar-refractivity contribution in [1.29, 1.82) is 0 Å². The van der Waals surface area contributed by atoms with Crippen LogP contribution in [0.1, 0.15) is 25.5 Å². The van der Waals surface area contributed by atoms with Crippen molar-refractivity contribution in [2.75, 3.05) is 5.32 Å². The van der Waals surface area contributed by atoms with Crippen LogP contribution in [0, 0.1) is 0 Å². The Kier molecular flexibility index (Phi) is 3.85. The molecule has 0 radical (unpaired) electrons. The van der Waals surface area contributed by atoms with Gasteiger partial charge in [0.25, 0.3) is 0 Å². The Bertz CT molecular complexity index is 576. The second-order valence-corrected chi connectivity index (χ2v) is 4.61. The summed E-state index contributed by atoms with van der Waals surface area (Å²) in [6, 6.07) is 8.75. The Labute approximate surface area is 111 Å². The molecule has 2 N–H and O–H groups in total. The number of carbonyl (C=O) groups is 1. The Morgan fingerprint density at radius 2 is 2.11 bits per heavy atom. The Balaban J connectivity index is 2.06. The molecule has 2 aromatic rings. The lowest BCUT2D eigenvalue weighted by molar-refractivity contribution is -0.115. The summed E-state index contributed by atoms with van der Waals surface area (Å²) in [5, 5.41) is 16.6. The van der Waals surface area contributed by atoms with Gasteiger partial charge in [-0.1, -0.05) is 18.2 Å². The molecule has 5 nitrogen and oxygen atoms in total. The molecule has 0 aliphatic heterocycles. The summed E-state index contributed by atoms with van der Waals surface area (Å²) in [4.78, 5) is 11.9. The normalized spacial score (nSPS) is 10.7. The van der Waals surface area contributed by atoms with Crippen molar-refractivity contribution < 1.29 is 9.90 Å². The van der Waals surface area contributed by atoms with Crippen LogP contribution in [0.25, 0.3) is 0 Å². The first-order chi connectivity index (χ1) is 9.08. The van der Waals surface area contributed by atoms with Gasteiger partial charge in [-0.15, -0.1) is 0 Å². The van der Waals surface area contributed by atoms with Gasteiger partial charge in [0.1, 0.15) is 11.6 Å². The van der Waals surface area contributed by atoms with Crippen LogP contribution in [-0.2, 0) is 11.2 Å². The summed E-state index contributed by atoms with van der Waals surface area (Å²) in [7, 11) is 0. The number of rotatable bonds is 4. The molecule has 0 aliphatic rings. The van der Waals surface area contributed by atoms with E-state index in [1.807, 2.05) is 13.8 Å². The third-order valence-electron chi connectivity index (χ3n) is 2.77. The molecule has 0 saturated carbocycles. The average Bonchev–Trinajstić information content (AvgIpc) is 2.80. The standard InChI is InChI=1S/C14H17N3O2/c1-10(2)17-13(7-8-15-17)16-14(19)9-11-5-3-4-6-12(11)18/h3-8,10,18H,9H2,1-2H3,(H,16,19). The summed E-state index contributed by atoms with van der Waals surface area (Å²) in [6.07, 6.45) is 1.78. The van der Waals surface area contributed by atoms with Crippen LogP contribution in [0.3, 0.4) is 0 Å². The molecule has 100 valence electrons. The monoisotopic (exact) mass is 259 g/mol. The first-order valence-electron chi connectivity index (χ1n) is 6.18. The van der Waals surface area contributed by atoms with Crippen LogP contribution < -0.4 is 5.32 Å². The number of aromatic nitrogens is 2. The zero-order valence-electron chi connectivity index (χ0n) is 11.0. The molecular weight excluding hydrogens is 242 g/mol.